The summed E-state index contributed by atoms with van der Waals surface area (Å²) in [5.41, 5.74) is 8.69. The van der Waals surface area contributed by atoms with Gasteiger partial charge in [-0.3, -0.25) is 0 Å². The Morgan fingerprint density at radius 3 is 2.32 bits per heavy atom. The zero-order chi connectivity index (χ0) is 17.1. The fraction of sp³-hybridized carbons (Fsp3) is 0.294. The van der Waals surface area contributed by atoms with Crippen LogP contribution in [0.15, 0.2) is 30.5 Å². The fourth-order valence-corrected chi connectivity index (χ4v) is 2.55. The van der Waals surface area contributed by atoms with Crippen LogP contribution in [0, 0.1) is 0 Å². The molecule has 1 aromatic carbocycles. The quantitative estimate of drug-likeness (QED) is 0.748. The SMILES string of the molecule is CCN(CC)c1nc(N)nc2ncc(-c3ccc(OC)cc3)nc12.O. The molecule has 4 N–H and O–H groups in total. The molecule has 0 fully saturated rings. The summed E-state index contributed by atoms with van der Waals surface area (Å²) >= 11 is 0. The molecular formula is C17H22N6O2. The monoisotopic (exact) mass is 342 g/mol. The number of benzene rings is 1. The minimum absolute atomic E-state index is 0. The first-order valence-corrected chi connectivity index (χ1v) is 7.85. The van der Waals surface area contributed by atoms with E-state index in [0.29, 0.717) is 17.0 Å². The van der Waals surface area contributed by atoms with Gasteiger partial charge in [0.25, 0.3) is 0 Å². The molecule has 2 heterocycles. The Kier molecular flexibility index (Phi) is 5.66. The molecule has 0 saturated heterocycles. The highest BCUT2D eigenvalue weighted by Crippen LogP contribution is 2.26. The van der Waals surface area contributed by atoms with E-state index in [0.717, 1.165) is 30.1 Å². The van der Waals surface area contributed by atoms with E-state index >= 15 is 0 Å². The van der Waals surface area contributed by atoms with Crippen molar-refractivity contribution < 1.29 is 10.2 Å². The van der Waals surface area contributed by atoms with Crippen molar-refractivity contribution in [3.8, 4) is 17.0 Å². The van der Waals surface area contributed by atoms with Gasteiger partial charge in [-0.05, 0) is 38.1 Å². The number of methoxy groups -OCH3 is 1. The molecule has 2 aromatic heterocycles. The summed E-state index contributed by atoms with van der Waals surface area (Å²) in [6, 6.07) is 7.69. The van der Waals surface area contributed by atoms with Gasteiger partial charge < -0.3 is 20.8 Å². The minimum atomic E-state index is 0. The summed E-state index contributed by atoms with van der Waals surface area (Å²) in [7, 11) is 1.64. The van der Waals surface area contributed by atoms with Gasteiger partial charge in [0.1, 0.15) is 5.75 Å². The topological polar surface area (TPSA) is 122 Å². The summed E-state index contributed by atoms with van der Waals surface area (Å²) < 4.78 is 5.19. The molecule has 3 aromatic rings. The van der Waals surface area contributed by atoms with E-state index in [2.05, 4.69) is 33.7 Å². The van der Waals surface area contributed by atoms with E-state index in [1.807, 2.05) is 24.3 Å². The maximum Gasteiger partial charge on any atom is 0.224 e. The highest BCUT2D eigenvalue weighted by molar-refractivity contribution is 5.85. The van der Waals surface area contributed by atoms with Crippen molar-refractivity contribution in [2.45, 2.75) is 13.8 Å². The Morgan fingerprint density at radius 1 is 1.04 bits per heavy atom. The van der Waals surface area contributed by atoms with Gasteiger partial charge in [-0.2, -0.15) is 9.97 Å². The number of ether oxygens (including phenoxy) is 1. The van der Waals surface area contributed by atoms with Crippen molar-refractivity contribution in [3.63, 3.8) is 0 Å². The number of nitrogens with two attached hydrogens (primary N) is 1. The lowest BCUT2D eigenvalue weighted by Crippen LogP contribution is -2.24. The Morgan fingerprint density at radius 2 is 1.72 bits per heavy atom. The lowest BCUT2D eigenvalue weighted by molar-refractivity contribution is 0.415. The van der Waals surface area contributed by atoms with Gasteiger partial charge in [-0.1, -0.05) is 0 Å². The maximum atomic E-state index is 5.82. The van der Waals surface area contributed by atoms with Gasteiger partial charge in [-0.15, -0.1) is 0 Å². The first-order chi connectivity index (χ1) is 11.7. The molecule has 0 bridgehead atoms. The third kappa shape index (κ3) is 3.58. The highest BCUT2D eigenvalue weighted by Gasteiger charge is 2.15. The van der Waals surface area contributed by atoms with E-state index in [1.165, 1.54) is 0 Å². The van der Waals surface area contributed by atoms with Crippen molar-refractivity contribution in [2.24, 2.45) is 0 Å². The molecule has 3 rings (SSSR count). The normalized spacial score (nSPS) is 10.4. The zero-order valence-electron chi connectivity index (χ0n) is 14.5. The van der Waals surface area contributed by atoms with Crippen LogP contribution in [0.5, 0.6) is 5.75 Å². The third-order valence-corrected chi connectivity index (χ3v) is 3.85. The summed E-state index contributed by atoms with van der Waals surface area (Å²) in [4.78, 5) is 19.8. The van der Waals surface area contributed by atoms with E-state index in [-0.39, 0.29) is 11.4 Å². The number of hydrogen-bond donors (Lipinski definition) is 1. The second-order valence-corrected chi connectivity index (χ2v) is 5.23. The number of anilines is 2. The van der Waals surface area contributed by atoms with Gasteiger partial charge >= 0.3 is 0 Å². The van der Waals surface area contributed by atoms with Crippen LogP contribution in [0.2, 0.25) is 0 Å². The number of rotatable bonds is 5. The first kappa shape index (κ1) is 18.3. The van der Waals surface area contributed by atoms with Gasteiger partial charge in [0, 0.05) is 18.7 Å². The highest BCUT2D eigenvalue weighted by atomic mass is 16.5. The lowest BCUT2D eigenvalue weighted by Gasteiger charge is -2.20. The number of aromatic nitrogens is 4. The van der Waals surface area contributed by atoms with Crippen molar-refractivity contribution >= 4 is 22.9 Å². The number of hydrogen-bond acceptors (Lipinski definition) is 7. The Bertz CT molecular complexity index is 850. The molecule has 132 valence electrons. The Labute approximate surface area is 146 Å². The van der Waals surface area contributed by atoms with E-state index in [4.69, 9.17) is 15.5 Å². The smallest absolute Gasteiger partial charge is 0.224 e. The van der Waals surface area contributed by atoms with Gasteiger partial charge in [0.05, 0.1) is 19.0 Å². The van der Waals surface area contributed by atoms with E-state index in [9.17, 15) is 0 Å². The van der Waals surface area contributed by atoms with Crippen molar-refractivity contribution in [2.75, 3.05) is 30.8 Å². The van der Waals surface area contributed by atoms with Crippen molar-refractivity contribution in [3.05, 3.63) is 30.5 Å². The Balaban J connectivity index is 0.00000225. The average molecular weight is 342 g/mol. The molecule has 0 saturated carbocycles. The summed E-state index contributed by atoms with van der Waals surface area (Å²) in [5.74, 6) is 1.72. The molecule has 0 spiro atoms. The van der Waals surface area contributed by atoms with Crippen LogP contribution in [0.25, 0.3) is 22.4 Å². The molecule has 0 radical (unpaired) electrons. The number of nitrogens with zero attached hydrogens (tertiary/aromatic N) is 5. The largest absolute Gasteiger partial charge is 0.497 e. The molecule has 0 unspecified atom stereocenters. The van der Waals surface area contributed by atoms with Crippen LogP contribution in [-0.4, -0.2) is 45.6 Å². The maximum absolute atomic E-state index is 5.82. The second-order valence-electron chi connectivity index (χ2n) is 5.23. The van der Waals surface area contributed by atoms with Crippen LogP contribution < -0.4 is 15.4 Å². The molecular weight excluding hydrogens is 320 g/mol. The summed E-state index contributed by atoms with van der Waals surface area (Å²) in [5, 5.41) is 0. The standard InChI is InChI=1S/C17H20N6O.H2O/c1-4-23(5-2)16-14-15(21-17(18)22-16)19-10-13(20-14)11-6-8-12(24-3)9-7-11;/h6-10H,4-5H2,1-3H3,(H2,18,19,21,22);1H2. The number of fused-ring (bicyclic) bond motifs is 1. The molecule has 0 amide bonds. The zero-order valence-corrected chi connectivity index (χ0v) is 14.5. The molecule has 8 nitrogen and oxygen atoms in total. The Hall–Kier alpha value is -3.00. The molecule has 0 aliphatic heterocycles. The van der Waals surface area contributed by atoms with Crippen molar-refractivity contribution in [1.82, 2.24) is 19.9 Å². The summed E-state index contributed by atoms with van der Waals surface area (Å²) in [6.07, 6.45) is 1.70. The fourth-order valence-electron chi connectivity index (χ4n) is 2.55. The third-order valence-electron chi connectivity index (χ3n) is 3.85. The van der Waals surface area contributed by atoms with E-state index < -0.39 is 0 Å². The molecule has 25 heavy (non-hydrogen) atoms. The molecule has 8 heteroatoms. The van der Waals surface area contributed by atoms with Crippen LogP contribution in [-0.2, 0) is 0 Å². The lowest BCUT2D eigenvalue weighted by atomic mass is 10.1. The second kappa shape index (κ2) is 7.71. The first-order valence-electron chi connectivity index (χ1n) is 7.85. The molecule has 0 atom stereocenters. The molecule has 0 aliphatic carbocycles. The number of nitrogen functional groups attached to an aromatic ring is 1. The van der Waals surface area contributed by atoms with Crippen molar-refractivity contribution in [1.29, 1.82) is 0 Å². The van der Waals surface area contributed by atoms with Gasteiger partial charge in [0.15, 0.2) is 17.0 Å². The van der Waals surface area contributed by atoms with E-state index in [1.54, 1.807) is 13.3 Å². The summed E-state index contributed by atoms with van der Waals surface area (Å²) in [6.45, 7) is 5.73. The average Bonchev–Trinajstić information content (AvgIpc) is 2.62. The van der Waals surface area contributed by atoms with Gasteiger partial charge in [0.2, 0.25) is 5.95 Å². The molecule has 0 aliphatic rings. The van der Waals surface area contributed by atoms with Gasteiger partial charge in [-0.25, -0.2) is 9.97 Å². The van der Waals surface area contributed by atoms with Crippen LogP contribution in [0.1, 0.15) is 13.8 Å². The predicted octanol–water partition coefficient (Wildman–Crippen LogP) is 1.70. The van der Waals surface area contributed by atoms with Crippen LogP contribution >= 0.6 is 0 Å². The minimum Gasteiger partial charge on any atom is -0.497 e. The van der Waals surface area contributed by atoms with Crippen LogP contribution in [0.3, 0.4) is 0 Å². The predicted molar refractivity (Wildman–Crippen MR) is 98.7 cm³/mol. The van der Waals surface area contributed by atoms with Crippen LogP contribution in [0.4, 0.5) is 11.8 Å².